The highest BCUT2D eigenvalue weighted by Crippen LogP contribution is 2.38. The van der Waals surface area contributed by atoms with Crippen molar-refractivity contribution in [3.05, 3.63) is 93.3 Å². The lowest BCUT2D eigenvalue weighted by Gasteiger charge is -2.14. The zero-order valence-corrected chi connectivity index (χ0v) is 20.3. The molecule has 0 radical (unpaired) electrons. The molecule has 0 unspecified atom stereocenters. The highest BCUT2D eigenvalue weighted by Gasteiger charge is 2.24. The third-order valence-electron chi connectivity index (χ3n) is 5.61. The van der Waals surface area contributed by atoms with Crippen LogP contribution >= 0.6 is 23.2 Å². The van der Waals surface area contributed by atoms with Crippen LogP contribution in [0.1, 0.15) is 24.1 Å². The predicted molar refractivity (Wildman–Crippen MR) is 143 cm³/mol. The monoisotopic (exact) mass is 524 g/mol. The average Bonchev–Trinajstić information content (AvgIpc) is 3.01. The Bertz CT molecular complexity index is 1480. The molecule has 1 aliphatic rings. The molecular formula is C27H23Cl2FN4O2. The Hall–Kier alpha value is -3.68. The molecule has 1 N–H and O–H groups in total. The molecule has 0 spiro atoms. The van der Waals surface area contributed by atoms with Gasteiger partial charge in [0.1, 0.15) is 5.82 Å². The second-order valence-electron chi connectivity index (χ2n) is 7.72. The largest absolute Gasteiger partial charge is 0.493 e. The second-order valence-corrected chi connectivity index (χ2v) is 8.53. The first-order valence-electron chi connectivity index (χ1n) is 10.6. The summed E-state index contributed by atoms with van der Waals surface area (Å²) >= 11 is 12.8. The van der Waals surface area contributed by atoms with E-state index in [1.807, 2.05) is 6.07 Å². The molecule has 4 aromatic rings. The normalized spacial score (nSPS) is 11.9. The number of ether oxygens (including phenoxy) is 2. The zero-order chi connectivity index (χ0) is 24.5. The van der Waals surface area contributed by atoms with Gasteiger partial charge in [0.25, 0.3) is 0 Å². The first-order valence-corrected chi connectivity index (χ1v) is 11.4. The molecule has 2 heterocycles. The van der Waals surface area contributed by atoms with Crippen LogP contribution < -0.4 is 14.8 Å². The molecule has 6 nitrogen and oxygen atoms in total. The summed E-state index contributed by atoms with van der Waals surface area (Å²) in [6.07, 6.45) is 1.70. The fourth-order valence-electron chi connectivity index (χ4n) is 3.93. The maximum absolute atomic E-state index is 14.7. The van der Waals surface area contributed by atoms with Crippen LogP contribution in [0.4, 0.5) is 16.0 Å². The van der Waals surface area contributed by atoms with Crippen molar-refractivity contribution in [3.8, 4) is 22.8 Å². The first-order chi connectivity index (χ1) is 17.0. The molecule has 0 bridgehead atoms. The zero-order valence-electron chi connectivity index (χ0n) is 18.8. The minimum atomic E-state index is -0.379. The number of anilines is 2. The molecule has 0 saturated carbocycles. The highest BCUT2D eigenvalue weighted by molar-refractivity contribution is 6.42. The van der Waals surface area contributed by atoms with Gasteiger partial charge in [0.2, 0.25) is 5.95 Å². The van der Waals surface area contributed by atoms with E-state index in [-0.39, 0.29) is 19.8 Å². The topological polar surface area (TPSA) is 68.6 Å². The van der Waals surface area contributed by atoms with E-state index in [1.165, 1.54) is 6.07 Å². The molecule has 1 aliphatic heterocycles. The van der Waals surface area contributed by atoms with Crippen LogP contribution in [-0.4, -0.2) is 29.9 Å². The van der Waals surface area contributed by atoms with Crippen LogP contribution in [0, 0.1) is 5.82 Å². The lowest BCUT2D eigenvalue weighted by atomic mass is 9.95. The smallest absolute Gasteiger partial charge is 0.227 e. The van der Waals surface area contributed by atoms with Gasteiger partial charge in [-0.25, -0.2) is 14.4 Å². The molecular weight excluding hydrogens is 502 g/mol. The van der Waals surface area contributed by atoms with Gasteiger partial charge in [0, 0.05) is 40.2 Å². The minimum absolute atomic E-state index is 0. The summed E-state index contributed by atoms with van der Waals surface area (Å²) in [5, 5.41) is 3.90. The lowest BCUT2D eigenvalue weighted by molar-refractivity contribution is 0.355. The predicted octanol–water partition coefficient (Wildman–Crippen LogP) is 7.34. The van der Waals surface area contributed by atoms with Gasteiger partial charge >= 0.3 is 0 Å². The van der Waals surface area contributed by atoms with Crippen molar-refractivity contribution in [1.82, 2.24) is 9.97 Å². The van der Waals surface area contributed by atoms with E-state index >= 15 is 0 Å². The molecule has 1 aromatic heterocycles. The number of benzene rings is 3. The number of nitrogens with zero attached hydrogens (tertiary/aromatic N) is 3. The van der Waals surface area contributed by atoms with Crippen LogP contribution in [0.2, 0.25) is 10.0 Å². The Labute approximate surface area is 218 Å². The molecule has 184 valence electrons. The maximum atomic E-state index is 14.7. The van der Waals surface area contributed by atoms with Crippen molar-refractivity contribution in [1.29, 1.82) is 0 Å². The van der Waals surface area contributed by atoms with Crippen LogP contribution in [0.15, 0.2) is 65.8 Å². The van der Waals surface area contributed by atoms with Gasteiger partial charge in [-0.1, -0.05) is 42.8 Å². The van der Waals surface area contributed by atoms with E-state index in [0.29, 0.717) is 61.3 Å². The summed E-state index contributed by atoms with van der Waals surface area (Å²) in [6.45, 7) is 0.263. The van der Waals surface area contributed by atoms with Gasteiger partial charge in [0.15, 0.2) is 11.5 Å². The van der Waals surface area contributed by atoms with E-state index in [0.717, 1.165) is 5.56 Å². The lowest BCUT2D eigenvalue weighted by Crippen LogP contribution is -2.07. The number of hydrogen-bond acceptors (Lipinski definition) is 6. The third kappa shape index (κ3) is 4.72. The van der Waals surface area contributed by atoms with Crippen molar-refractivity contribution in [2.75, 3.05) is 19.5 Å². The number of nitrogens with one attached hydrogen (secondary N) is 1. The molecule has 0 aliphatic carbocycles. The van der Waals surface area contributed by atoms with Crippen LogP contribution in [0.25, 0.3) is 11.3 Å². The van der Waals surface area contributed by atoms with E-state index < -0.39 is 0 Å². The summed E-state index contributed by atoms with van der Waals surface area (Å²) in [5.74, 6) is 1.17. The van der Waals surface area contributed by atoms with Gasteiger partial charge in [-0.2, -0.15) is 0 Å². The maximum Gasteiger partial charge on any atom is 0.227 e. The fraction of sp³-hybridized carbons (Fsp3) is 0.148. The Morgan fingerprint density at radius 3 is 2.33 bits per heavy atom. The van der Waals surface area contributed by atoms with Gasteiger partial charge < -0.3 is 14.8 Å². The van der Waals surface area contributed by atoms with Crippen molar-refractivity contribution in [2.45, 2.75) is 14.0 Å². The molecule has 9 heteroatoms. The summed E-state index contributed by atoms with van der Waals surface area (Å²) in [4.78, 5) is 13.9. The van der Waals surface area contributed by atoms with Crippen molar-refractivity contribution in [2.24, 2.45) is 4.99 Å². The molecule has 0 fully saturated rings. The van der Waals surface area contributed by atoms with Crippen LogP contribution in [-0.2, 0) is 6.54 Å². The quantitative estimate of drug-likeness (QED) is 0.295. The number of aromatic nitrogens is 2. The molecule has 36 heavy (non-hydrogen) atoms. The molecule has 5 rings (SSSR count). The number of aliphatic imine (C=N–C) groups is 1. The summed E-state index contributed by atoms with van der Waals surface area (Å²) in [5.41, 5.74) is 4.29. The number of hydrogen-bond donors (Lipinski definition) is 1. The van der Waals surface area contributed by atoms with Gasteiger partial charge in [-0.15, -0.1) is 0 Å². The van der Waals surface area contributed by atoms with Gasteiger partial charge in [0.05, 0.1) is 42.2 Å². The molecule has 0 amide bonds. The van der Waals surface area contributed by atoms with E-state index in [4.69, 9.17) is 42.7 Å². The minimum Gasteiger partial charge on any atom is -0.493 e. The summed E-state index contributed by atoms with van der Waals surface area (Å²) in [7, 11) is 3.15. The second kappa shape index (κ2) is 10.5. The summed E-state index contributed by atoms with van der Waals surface area (Å²) in [6, 6.07) is 15.3. The Balaban J connectivity index is 0.00000304. The van der Waals surface area contributed by atoms with E-state index in [1.54, 1.807) is 62.9 Å². The van der Waals surface area contributed by atoms with Crippen molar-refractivity contribution in [3.63, 3.8) is 0 Å². The van der Waals surface area contributed by atoms with Crippen LogP contribution in [0.5, 0.6) is 11.5 Å². The number of rotatable bonds is 5. The molecule has 3 aromatic carbocycles. The number of halogens is 3. The third-order valence-corrected chi connectivity index (χ3v) is 6.33. The standard InChI is InChI=1S/C26H19Cl2FN4O2.CH4/c1-34-22-8-7-15(9-23(22)35-2)32-26-31-13-14-12-30-25(16-5-3-4-6-21(16)29)18-11-20(28)19(27)10-17(18)24(14)33-26;/h3-11,13H,12H2,1-2H3,(H,31,32,33);1H4. The van der Waals surface area contributed by atoms with Gasteiger partial charge in [-0.3, -0.25) is 4.99 Å². The average molecular weight is 525 g/mol. The van der Waals surface area contributed by atoms with E-state index in [9.17, 15) is 4.39 Å². The highest BCUT2D eigenvalue weighted by atomic mass is 35.5. The van der Waals surface area contributed by atoms with Crippen LogP contribution in [0.3, 0.4) is 0 Å². The van der Waals surface area contributed by atoms with E-state index in [2.05, 4.69) is 10.3 Å². The Morgan fingerprint density at radius 2 is 1.61 bits per heavy atom. The van der Waals surface area contributed by atoms with Crippen molar-refractivity contribution < 1.29 is 13.9 Å². The Kier molecular flexibility index (Phi) is 7.43. The molecule has 0 saturated heterocycles. The van der Waals surface area contributed by atoms with Gasteiger partial charge in [-0.05, 0) is 36.4 Å². The molecule has 0 atom stereocenters. The first kappa shape index (κ1) is 25.4. The van der Waals surface area contributed by atoms with Crippen molar-refractivity contribution >= 4 is 40.5 Å². The Morgan fingerprint density at radius 1 is 0.889 bits per heavy atom. The number of fused-ring (bicyclic) bond motifs is 3. The SMILES string of the molecule is C.COc1ccc(Nc2ncc3c(n2)-c2cc(Cl)c(Cl)cc2C(c2ccccc2F)=NC3)cc1OC. The number of methoxy groups -OCH3 is 2. The fourth-order valence-corrected chi connectivity index (χ4v) is 4.26. The summed E-state index contributed by atoms with van der Waals surface area (Å²) < 4.78 is 25.4.